The smallest absolute Gasteiger partial charge is 0.251 e. The Morgan fingerprint density at radius 1 is 1.20 bits per heavy atom. The molecule has 0 radical (unpaired) electrons. The van der Waals surface area contributed by atoms with Gasteiger partial charge in [-0.3, -0.25) is 4.79 Å². The molecule has 4 rings (SSSR count). The quantitative estimate of drug-likeness (QED) is 0.778. The first kappa shape index (κ1) is 15.7. The topological polar surface area (TPSA) is 69.3 Å². The van der Waals surface area contributed by atoms with Crippen molar-refractivity contribution in [2.75, 3.05) is 0 Å². The van der Waals surface area contributed by atoms with Gasteiger partial charge in [-0.2, -0.15) is 0 Å². The second kappa shape index (κ2) is 5.60. The lowest BCUT2D eigenvalue weighted by atomic mass is 9.86. The summed E-state index contributed by atoms with van der Waals surface area (Å²) < 4.78 is 9.44. The van der Waals surface area contributed by atoms with Crippen molar-refractivity contribution in [3.8, 4) is 11.4 Å². The molecule has 0 bridgehead atoms. The number of benzene rings is 1. The lowest BCUT2D eigenvalue weighted by molar-refractivity contribution is -0.0642. The van der Waals surface area contributed by atoms with Crippen molar-refractivity contribution in [3.63, 3.8) is 0 Å². The molecule has 2 aromatic heterocycles. The van der Waals surface area contributed by atoms with Crippen molar-refractivity contribution in [3.05, 3.63) is 77.2 Å². The van der Waals surface area contributed by atoms with Crippen LogP contribution in [0.2, 0.25) is 0 Å². The average molecular weight is 337 g/mol. The third-order valence-electron chi connectivity index (χ3n) is 4.65. The van der Waals surface area contributed by atoms with Crippen LogP contribution in [0.1, 0.15) is 25.5 Å². The van der Waals surface area contributed by atoms with Gasteiger partial charge in [0.1, 0.15) is 17.5 Å². The number of rotatable bonds is 2. The molecule has 0 saturated carbocycles. The Bertz CT molecular complexity index is 960. The van der Waals surface area contributed by atoms with E-state index in [2.05, 4.69) is 4.98 Å². The minimum Gasteiger partial charge on any atom is -0.485 e. The SMILES string of the molecule is CC1(C)Oc2ccc(-n3ccnc3)cc2C(n2ccccc2=O)C1O. The molecule has 6 heteroatoms. The zero-order valence-electron chi connectivity index (χ0n) is 14.0. The molecule has 2 atom stereocenters. The number of imidazole rings is 1. The third-order valence-corrected chi connectivity index (χ3v) is 4.65. The van der Waals surface area contributed by atoms with Crippen LogP contribution in [0, 0.1) is 0 Å². The normalized spacial score (nSPS) is 21.4. The molecule has 6 nitrogen and oxygen atoms in total. The molecule has 0 saturated heterocycles. The number of hydrogen-bond acceptors (Lipinski definition) is 4. The molecule has 1 aliphatic rings. The molecule has 1 aliphatic heterocycles. The van der Waals surface area contributed by atoms with Crippen molar-refractivity contribution in [2.45, 2.75) is 31.6 Å². The zero-order valence-corrected chi connectivity index (χ0v) is 14.0. The van der Waals surface area contributed by atoms with Gasteiger partial charge in [-0.05, 0) is 38.1 Å². The van der Waals surface area contributed by atoms with E-state index in [1.165, 1.54) is 6.07 Å². The molecule has 3 heterocycles. The highest BCUT2D eigenvalue weighted by Crippen LogP contribution is 2.42. The molecule has 1 N–H and O–H groups in total. The van der Waals surface area contributed by atoms with E-state index in [-0.39, 0.29) is 5.56 Å². The summed E-state index contributed by atoms with van der Waals surface area (Å²) in [6.07, 6.45) is 6.07. The van der Waals surface area contributed by atoms with Crippen molar-refractivity contribution in [2.24, 2.45) is 0 Å². The first-order valence-electron chi connectivity index (χ1n) is 8.14. The number of hydrogen-bond donors (Lipinski definition) is 1. The van der Waals surface area contributed by atoms with E-state index in [1.807, 2.05) is 42.8 Å². The lowest BCUT2D eigenvalue weighted by Gasteiger charge is -2.42. The van der Waals surface area contributed by atoms with Gasteiger partial charge < -0.3 is 19.0 Å². The molecular formula is C19H19N3O3. The number of aromatic nitrogens is 3. The Kier molecular flexibility index (Phi) is 3.51. The van der Waals surface area contributed by atoms with Crippen molar-refractivity contribution in [1.82, 2.24) is 14.1 Å². The number of fused-ring (bicyclic) bond motifs is 1. The van der Waals surface area contributed by atoms with Crippen LogP contribution < -0.4 is 10.3 Å². The molecule has 0 aliphatic carbocycles. The maximum atomic E-state index is 12.4. The van der Waals surface area contributed by atoms with E-state index >= 15 is 0 Å². The molecular weight excluding hydrogens is 318 g/mol. The molecule has 2 unspecified atom stereocenters. The van der Waals surface area contributed by atoms with Gasteiger partial charge in [-0.1, -0.05) is 6.07 Å². The Morgan fingerprint density at radius 2 is 2.04 bits per heavy atom. The van der Waals surface area contributed by atoms with Crippen LogP contribution in [0.3, 0.4) is 0 Å². The Hall–Kier alpha value is -2.86. The fourth-order valence-corrected chi connectivity index (χ4v) is 3.30. The Balaban J connectivity index is 1.93. The van der Waals surface area contributed by atoms with Crippen LogP contribution in [-0.2, 0) is 0 Å². The van der Waals surface area contributed by atoms with Gasteiger partial charge in [0.25, 0.3) is 5.56 Å². The highest BCUT2D eigenvalue weighted by Gasteiger charge is 2.44. The maximum Gasteiger partial charge on any atom is 0.251 e. The van der Waals surface area contributed by atoms with Gasteiger partial charge in [0.05, 0.1) is 12.4 Å². The molecule has 0 spiro atoms. The van der Waals surface area contributed by atoms with Crippen LogP contribution in [0.5, 0.6) is 5.75 Å². The second-order valence-electron chi connectivity index (χ2n) is 6.73. The first-order chi connectivity index (χ1) is 12.0. The number of pyridine rings is 1. The van der Waals surface area contributed by atoms with Gasteiger partial charge in [0.15, 0.2) is 0 Å². The predicted molar refractivity (Wildman–Crippen MR) is 93.1 cm³/mol. The van der Waals surface area contributed by atoms with Gasteiger partial charge in [0, 0.05) is 35.9 Å². The van der Waals surface area contributed by atoms with E-state index in [0.717, 1.165) is 11.3 Å². The van der Waals surface area contributed by atoms with Gasteiger partial charge in [-0.15, -0.1) is 0 Å². The molecule has 0 amide bonds. The van der Waals surface area contributed by atoms with Crippen molar-refractivity contribution >= 4 is 0 Å². The summed E-state index contributed by atoms with van der Waals surface area (Å²) in [5, 5.41) is 10.9. The summed E-state index contributed by atoms with van der Waals surface area (Å²) in [6.45, 7) is 3.65. The fraction of sp³-hybridized carbons (Fsp3) is 0.263. The van der Waals surface area contributed by atoms with E-state index in [4.69, 9.17) is 4.74 Å². The van der Waals surface area contributed by atoms with Crippen LogP contribution in [0.15, 0.2) is 66.1 Å². The summed E-state index contributed by atoms with van der Waals surface area (Å²) in [5.74, 6) is 0.667. The van der Waals surface area contributed by atoms with E-state index in [1.54, 1.807) is 35.4 Å². The Labute approximate surface area is 145 Å². The third kappa shape index (κ3) is 2.55. The van der Waals surface area contributed by atoms with Crippen LogP contribution >= 0.6 is 0 Å². The largest absolute Gasteiger partial charge is 0.485 e. The summed E-state index contributed by atoms with van der Waals surface area (Å²) in [5.41, 5.74) is 0.680. The van der Waals surface area contributed by atoms with Crippen molar-refractivity contribution < 1.29 is 9.84 Å². The van der Waals surface area contributed by atoms with Gasteiger partial charge in [0.2, 0.25) is 0 Å². The number of aliphatic hydroxyl groups is 1. The minimum atomic E-state index is -0.877. The lowest BCUT2D eigenvalue weighted by Crippen LogP contribution is -2.52. The summed E-state index contributed by atoms with van der Waals surface area (Å²) in [4.78, 5) is 16.5. The highest BCUT2D eigenvalue weighted by atomic mass is 16.5. The molecule has 25 heavy (non-hydrogen) atoms. The maximum absolute atomic E-state index is 12.4. The van der Waals surface area contributed by atoms with E-state index in [9.17, 15) is 9.90 Å². The fourth-order valence-electron chi connectivity index (χ4n) is 3.30. The second-order valence-corrected chi connectivity index (χ2v) is 6.73. The van der Waals surface area contributed by atoms with E-state index in [0.29, 0.717) is 5.75 Å². The number of nitrogens with zero attached hydrogens (tertiary/aromatic N) is 3. The number of aliphatic hydroxyl groups excluding tert-OH is 1. The predicted octanol–water partition coefficient (Wildman–Crippen LogP) is 2.16. The van der Waals surface area contributed by atoms with Crippen LogP contribution in [0.25, 0.3) is 5.69 Å². The monoisotopic (exact) mass is 337 g/mol. The molecule has 128 valence electrons. The summed E-state index contributed by atoms with van der Waals surface area (Å²) in [7, 11) is 0. The Morgan fingerprint density at radius 3 is 2.76 bits per heavy atom. The number of ether oxygens (including phenoxy) is 1. The highest BCUT2D eigenvalue weighted by molar-refractivity contribution is 5.48. The van der Waals surface area contributed by atoms with Gasteiger partial charge >= 0.3 is 0 Å². The summed E-state index contributed by atoms with van der Waals surface area (Å²) in [6, 6.07) is 10.2. The standard InChI is InChI=1S/C19H19N3O3/c1-19(2)18(24)17(22-9-4-3-5-16(22)23)14-11-13(6-7-15(14)25-19)21-10-8-20-12-21/h3-12,17-18,24H,1-2H3. The first-order valence-corrected chi connectivity index (χ1v) is 8.14. The van der Waals surface area contributed by atoms with Crippen molar-refractivity contribution in [1.29, 1.82) is 0 Å². The van der Waals surface area contributed by atoms with E-state index < -0.39 is 17.7 Å². The average Bonchev–Trinajstić information content (AvgIpc) is 3.11. The zero-order chi connectivity index (χ0) is 17.6. The van der Waals surface area contributed by atoms with Gasteiger partial charge in [-0.25, -0.2) is 4.98 Å². The molecule has 0 fully saturated rings. The summed E-state index contributed by atoms with van der Waals surface area (Å²) >= 11 is 0. The van der Waals surface area contributed by atoms with Crippen LogP contribution in [0.4, 0.5) is 0 Å². The molecule has 1 aromatic carbocycles. The minimum absolute atomic E-state index is 0.164. The van der Waals surface area contributed by atoms with Crippen LogP contribution in [-0.4, -0.2) is 30.9 Å². The molecule has 3 aromatic rings.